The highest BCUT2D eigenvalue weighted by atomic mass is 35.5. The number of halogens is 2. The van der Waals surface area contributed by atoms with Crippen LogP contribution in [-0.4, -0.2) is 45.2 Å². The first-order valence-electron chi connectivity index (χ1n) is 10.0. The van der Waals surface area contributed by atoms with Gasteiger partial charge in [-0.05, 0) is 45.0 Å². The molecular formula is C22H25Cl2N3O6. The second-order valence-corrected chi connectivity index (χ2v) is 7.19. The lowest BCUT2D eigenvalue weighted by atomic mass is 10.2. The second kappa shape index (κ2) is 12.3. The van der Waals surface area contributed by atoms with E-state index < -0.39 is 17.7 Å². The Balaban J connectivity index is 2.50. The van der Waals surface area contributed by atoms with Gasteiger partial charge in [-0.1, -0.05) is 17.7 Å². The van der Waals surface area contributed by atoms with Gasteiger partial charge in [-0.15, -0.1) is 5.11 Å². The number of amides is 1. The summed E-state index contributed by atoms with van der Waals surface area (Å²) < 4.78 is 22.5. The van der Waals surface area contributed by atoms with Gasteiger partial charge in [-0.2, -0.15) is 5.11 Å². The molecule has 33 heavy (non-hydrogen) atoms. The van der Waals surface area contributed by atoms with E-state index in [2.05, 4.69) is 10.2 Å². The van der Waals surface area contributed by atoms with Gasteiger partial charge in [0.1, 0.15) is 17.2 Å². The summed E-state index contributed by atoms with van der Waals surface area (Å²) in [5.41, 5.74) is 0.282. The SMILES string of the molecule is CCOc1ccc(Cl)c(OCC)c1N=NC(C(C)=O)C(=O)N(Cl)c1c(OC)cccc1OC. The number of rotatable bonds is 11. The Morgan fingerprint density at radius 3 is 2.12 bits per heavy atom. The Kier molecular flexibility index (Phi) is 9.74. The molecular weight excluding hydrogens is 473 g/mol. The number of hydrogen-bond donors (Lipinski definition) is 0. The minimum absolute atomic E-state index is 0.128. The van der Waals surface area contributed by atoms with Gasteiger partial charge in [0.2, 0.25) is 6.04 Å². The molecule has 0 aliphatic rings. The molecule has 0 fully saturated rings. The zero-order chi connectivity index (χ0) is 24.5. The van der Waals surface area contributed by atoms with Crippen LogP contribution in [0.1, 0.15) is 20.8 Å². The Labute approximate surface area is 202 Å². The number of hydrogen-bond acceptors (Lipinski definition) is 8. The van der Waals surface area contributed by atoms with Crippen molar-refractivity contribution in [2.45, 2.75) is 26.8 Å². The van der Waals surface area contributed by atoms with Crippen LogP contribution in [0.5, 0.6) is 23.0 Å². The molecule has 0 bridgehead atoms. The molecule has 1 amide bonds. The van der Waals surface area contributed by atoms with Crippen LogP contribution in [0.25, 0.3) is 0 Å². The highest BCUT2D eigenvalue weighted by Gasteiger charge is 2.32. The molecule has 0 heterocycles. The number of ketones is 1. The second-order valence-electron chi connectivity index (χ2n) is 6.45. The number of para-hydroxylation sites is 1. The average molecular weight is 498 g/mol. The predicted octanol–water partition coefficient (Wildman–Crippen LogP) is 5.38. The van der Waals surface area contributed by atoms with Crippen LogP contribution in [0.2, 0.25) is 5.02 Å². The maximum absolute atomic E-state index is 13.2. The Hall–Kier alpha value is -3.04. The van der Waals surface area contributed by atoms with E-state index in [-0.39, 0.29) is 33.6 Å². The lowest BCUT2D eigenvalue weighted by molar-refractivity contribution is -0.126. The van der Waals surface area contributed by atoms with Crippen molar-refractivity contribution in [2.24, 2.45) is 10.2 Å². The summed E-state index contributed by atoms with van der Waals surface area (Å²) in [5, 5.41) is 8.36. The van der Waals surface area contributed by atoms with Gasteiger partial charge < -0.3 is 18.9 Å². The fourth-order valence-electron chi connectivity index (χ4n) is 2.84. The molecule has 0 aliphatic heterocycles. The minimum atomic E-state index is -1.56. The molecule has 2 aromatic carbocycles. The Morgan fingerprint density at radius 2 is 1.61 bits per heavy atom. The predicted molar refractivity (Wildman–Crippen MR) is 126 cm³/mol. The Morgan fingerprint density at radius 1 is 1.00 bits per heavy atom. The highest BCUT2D eigenvalue weighted by Crippen LogP contribution is 2.43. The van der Waals surface area contributed by atoms with E-state index in [4.69, 9.17) is 42.3 Å². The molecule has 0 saturated carbocycles. The molecule has 9 nitrogen and oxygen atoms in total. The normalized spacial score (nSPS) is 11.7. The maximum Gasteiger partial charge on any atom is 0.276 e. The van der Waals surface area contributed by atoms with Gasteiger partial charge >= 0.3 is 0 Å². The molecule has 2 aromatic rings. The van der Waals surface area contributed by atoms with E-state index in [0.29, 0.717) is 19.0 Å². The molecule has 2 rings (SSSR count). The van der Waals surface area contributed by atoms with Crippen molar-refractivity contribution in [2.75, 3.05) is 31.9 Å². The molecule has 0 saturated heterocycles. The van der Waals surface area contributed by atoms with Crippen molar-refractivity contribution >= 4 is 46.4 Å². The van der Waals surface area contributed by atoms with Gasteiger partial charge in [-0.25, -0.2) is 4.42 Å². The lowest BCUT2D eigenvalue weighted by Crippen LogP contribution is -2.36. The Bertz CT molecular complexity index is 1010. The van der Waals surface area contributed by atoms with Gasteiger partial charge in [0.05, 0.1) is 32.5 Å². The van der Waals surface area contributed by atoms with Crippen LogP contribution in [0, 0.1) is 0 Å². The van der Waals surface area contributed by atoms with Crippen molar-refractivity contribution < 1.29 is 28.5 Å². The number of benzene rings is 2. The number of methoxy groups -OCH3 is 2. The number of carbonyl (C=O) groups excluding carboxylic acids is 2. The number of anilines is 1. The summed E-state index contributed by atoms with van der Waals surface area (Å²) >= 11 is 12.6. The number of azo groups is 1. The first-order valence-corrected chi connectivity index (χ1v) is 10.7. The third-order valence-electron chi connectivity index (χ3n) is 4.32. The number of Topliss-reactive ketones (excluding diaryl/α,β-unsaturated/α-hetero) is 1. The minimum Gasteiger partial charge on any atom is -0.494 e. The average Bonchev–Trinajstić information content (AvgIpc) is 2.81. The molecule has 178 valence electrons. The summed E-state index contributed by atoms with van der Waals surface area (Å²) in [6.07, 6.45) is 0. The molecule has 0 radical (unpaired) electrons. The van der Waals surface area contributed by atoms with Gasteiger partial charge in [-0.3, -0.25) is 9.59 Å². The number of carbonyl (C=O) groups is 2. The summed E-state index contributed by atoms with van der Waals surface area (Å²) in [7, 11) is 2.83. The van der Waals surface area contributed by atoms with Crippen LogP contribution in [0.15, 0.2) is 40.6 Å². The summed E-state index contributed by atoms with van der Waals surface area (Å²) in [6.45, 7) is 5.42. The molecule has 0 spiro atoms. The van der Waals surface area contributed by atoms with Crippen molar-refractivity contribution in [1.82, 2.24) is 0 Å². The zero-order valence-corrected chi connectivity index (χ0v) is 20.4. The fraction of sp³-hybridized carbons (Fsp3) is 0.364. The third kappa shape index (κ3) is 6.06. The molecule has 1 unspecified atom stereocenters. The largest absolute Gasteiger partial charge is 0.494 e. The van der Waals surface area contributed by atoms with Crippen LogP contribution >= 0.6 is 23.4 Å². The molecule has 11 heteroatoms. The number of nitrogens with zero attached hydrogens (tertiary/aromatic N) is 3. The zero-order valence-electron chi connectivity index (χ0n) is 18.9. The van der Waals surface area contributed by atoms with E-state index in [1.54, 1.807) is 44.2 Å². The van der Waals surface area contributed by atoms with Crippen molar-refractivity contribution in [3.8, 4) is 23.0 Å². The maximum atomic E-state index is 13.2. The van der Waals surface area contributed by atoms with Crippen molar-refractivity contribution in [3.05, 3.63) is 35.4 Å². The van der Waals surface area contributed by atoms with E-state index in [9.17, 15) is 9.59 Å². The highest BCUT2D eigenvalue weighted by molar-refractivity contribution is 6.40. The van der Waals surface area contributed by atoms with Gasteiger partial charge in [0.15, 0.2) is 23.0 Å². The third-order valence-corrected chi connectivity index (χ3v) is 4.95. The van der Waals surface area contributed by atoms with Gasteiger partial charge in [0, 0.05) is 11.8 Å². The van der Waals surface area contributed by atoms with E-state index in [1.807, 2.05) is 0 Å². The van der Waals surface area contributed by atoms with E-state index >= 15 is 0 Å². The summed E-state index contributed by atoms with van der Waals surface area (Å²) in [6, 6.07) is 6.50. The van der Waals surface area contributed by atoms with Crippen LogP contribution < -0.4 is 23.4 Å². The standard InChI is InChI=1S/C22H25Cl2N3O6/c1-6-32-15-12-11-14(23)21(33-7-2)19(15)26-25-18(13(3)28)22(29)27(24)20-16(30-4)9-8-10-17(20)31-5/h8-12,18H,6-7H2,1-5H3. The molecule has 1 atom stereocenters. The smallest absolute Gasteiger partial charge is 0.276 e. The van der Waals surface area contributed by atoms with Crippen molar-refractivity contribution in [1.29, 1.82) is 0 Å². The van der Waals surface area contributed by atoms with E-state index in [0.717, 1.165) is 4.42 Å². The molecule has 0 aliphatic carbocycles. The molecule has 0 aromatic heterocycles. The van der Waals surface area contributed by atoms with Crippen LogP contribution in [-0.2, 0) is 9.59 Å². The summed E-state index contributed by atoms with van der Waals surface area (Å²) in [4.78, 5) is 25.5. The number of ether oxygens (including phenoxy) is 4. The lowest BCUT2D eigenvalue weighted by Gasteiger charge is -2.21. The quantitative estimate of drug-likeness (QED) is 0.234. The van der Waals surface area contributed by atoms with Crippen LogP contribution in [0.3, 0.4) is 0 Å². The molecule has 0 N–H and O–H groups in total. The first-order chi connectivity index (χ1) is 15.8. The summed E-state index contributed by atoms with van der Waals surface area (Å²) in [5.74, 6) is -0.348. The van der Waals surface area contributed by atoms with Crippen LogP contribution in [0.4, 0.5) is 11.4 Å². The fourth-order valence-corrected chi connectivity index (χ4v) is 3.31. The first kappa shape index (κ1) is 26.2. The van der Waals surface area contributed by atoms with E-state index in [1.165, 1.54) is 21.1 Å². The topological polar surface area (TPSA) is 99.0 Å². The van der Waals surface area contributed by atoms with Gasteiger partial charge in [0.25, 0.3) is 5.91 Å². The monoisotopic (exact) mass is 497 g/mol. The van der Waals surface area contributed by atoms with Crippen molar-refractivity contribution in [3.63, 3.8) is 0 Å².